The van der Waals surface area contributed by atoms with E-state index in [0.717, 1.165) is 53.8 Å². The molecule has 0 atom stereocenters. The lowest BCUT2D eigenvalue weighted by atomic mass is 9.95. The third-order valence-corrected chi connectivity index (χ3v) is 7.60. The Bertz CT molecular complexity index is 1590. The van der Waals surface area contributed by atoms with Crippen molar-refractivity contribution in [2.45, 2.75) is 45.6 Å². The van der Waals surface area contributed by atoms with Crippen molar-refractivity contribution in [3.05, 3.63) is 107 Å². The molecule has 1 amide bonds. The lowest BCUT2D eigenvalue weighted by Gasteiger charge is -2.12. The molecular weight excluding hydrogens is 478 g/mol. The summed E-state index contributed by atoms with van der Waals surface area (Å²) in [4.78, 5) is 14.0. The zero-order valence-electron chi connectivity index (χ0n) is 21.2. The lowest BCUT2D eigenvalue weighted by Crippen LogP contribution is -2.15. The number of hydrogen-bond acceptors (Lipinski definition) is 1. The van der Waals surface area contributed by atoms with Crippen molar-refractivity contribution in [1.29, 1.82) is 0 Å². The van der Waals surface area contributed by atoms with Crippen LogP contribution in [0.4, 0.5) is 5.69 Å². The van der Waals surface area contributed by atoms with E-state index in [1.54, 1.807) is 6.07 Å². The summed E-state index contributed by atoms with van der Waals surface area (Å²) in [6.45, 7) is 5.33. The molecule has 0 radical (unpaired) electrons. The van der Waals surface area contributed by atoms with Crippen LogP contribution in [-0.4, -0.2) is 14.9 Å². The molecular formula is C32H30ClN3O. The van der Waals surface area contributed by atoms with Gasteiger partial charge in [0.25, 0.3) is 5.91 Å². The van der Waals surface area contributed by atoms with E-state index in [1.165, 1.54) is 11.1 Å². The Hall–Kier alpha value is -3.76. The lowest BCUT2D eigenvalue weighted by molar-refractivity contribution is 0.102. The van der Waals surface area contributed by atoms with Crippen LogP contribution in [0.1, 0.15) is 54.2 Å². The van der Waals surface area contributed by atoms with Crippen molar-refractivity contribution >= 4 is 28.8 Å². The number of nitrogens with zero attached hydrogens (tertiary/aromatic N) is 2. The van der Waals surface area contributed by atoms with E-state index in [2.05, 4.69) is 82.9 Å². The van der Waals surface area contributed by atoms with E-state index in [0.29, 0.717) is 22.3 Å². The second-order valence-electron chi connectivity index (χ2n) is 10.1. The molecule has 5 heteroatoms. The third-order valence-electron chi connectivity index (χ3n) is 7.37. The molecule has 1 N–H and O–H groups in total. The molecule has 0 spiro atoms. The Labute approximate surface area is 222 Å². The number of anilines is 1. The monoisotopic (exact) mass is 507 g/mol. The molecule has 1 aliphatic rings. The SMILES string of the molecule is CC(C)c1ccc(-c2c3c4n(c(-c5ccccc5)cn4c2C(=O)Nc2cccc(Cl)c2)CCCC3)cc1. The Kier molecular flexibility index (Phi) is 6.13. The summed E-state index contributed by atoms with van der Waals surface area (Å²) in [7, 11) is 0. The van der Waals surface area contributed by atoms with Gasteiger partial charge in [0.1, 0.15) is 11.3 Å². The van der Waals surface area contributed by atoms with Crippen LogP contribution >= 0.6 is 11.6 Å². The van der Waals surface area contributed by atoms with Crippen LogP contribution in [-0.2, 0) is 13.0 Å². The molecule has 4 nitrogen and oxygen atoms in total. The number of amides is 1. The fraction of sp³-hybridized carbons (Fsp3) is 0.219. The highest BCUT2D eigenvalue weighted by Gasteiger charge is 2.29. The Morgan fingerprint density at radius 2 is 1.70 bits per heavy atom. The minimum atomic E-state index is -0.135. The number of nitrogens with one attached hydrogen (secondary N) is 1. The molecule has 0 saturated heterocycles. The molecule has 0 unspecified atom stereocenters. The molecule has 0 aliphatic carbocycles. The van der Waals surface area contributed by atoms with Crippen molar-refractivity contribution in [2.24, 2.45) is 0 Å². The Morgan fingerprint density at radius 1 is 0.919 bits per heavy atom. The van der Waals surface area contributed by atoms with Crippen molar-refractivity contribution in [1.82, 2.24) is 8.97 Å². The summed E-state index contributed by atoms with van der Waals surface area (Å²) in [6.07, 6.45) is 5.27. The maximum Gasteiger partial charge on any atom is 0.273 e. The molecule has 0 saturated carbocycles. The Morgan fingerprint density at radius 3 is 2.43 bits per heavy atom. The number of imidazole rings is 1. The molecule has 0 fully saturated rings. The predicted molar refractivity (Wildman–Crippen MR) is 153 cm³/mol. The van der Waals surface area contributed by atoms with Crippen molar-refractivity contribution in [2.75, 3.05) is 5.32 Å². The summed E-state index contributed by atoms with van der Waals surface area (Å²) in [6, 6.07) is 26.5. The highest BCUT2D eigenvalue weighted by atomic mass is 35.5. The highest BCUT2D eigenvalue weighted by Crippen LogP contribution is 2.40. The van der Waals surface area contributed by atoms with E-state index in [9.17, 15) is 4.79 Å². The Balaban J connectivity index is 1.59. The summed E-state index contributed by atoms with van der Waals surface area (Å²) >= 11 is 6.22. The van der Waals surface area contributed by atoms with Gasteiger partial charge >= 0.3 is 0 Å². The van der Waals surface area contributed by atoms with Gasteiger partial charge in [-0.2, -0.15) is 0 Å². The van der Waals surface area contributed by atoms with Gasteiger partial charge in [-0.1, -0.05) is 86.1 Å². The van der Waals surface area contributed by atoms with Crippen LogP contribution in [0, 0.1) is 0 Å². The van der Waals surface area contributed by atoms with Gasteiger partial charge in [0.2, 0.25) is 0 Å². The summed E-state index contributed by atoms with van der Waals surface area (Å²) < 4.78 is 4.52. The molecule has 1 aliphatic heterocycles. The van der Waals surface area contributed by atoms with Gasteiger partial charge in [0.15, 0.2) is 0 Å². The van der Waals surface area contributed by atoms with Gasteiger partial charge in [-0.15, -0.1) is 0 Å². The topological polar surface area (TPSA) is 38.4 Å². The van der Waals surface area contributed by atoms with Crippen LogP contribution in [0.25, 0.3) is 28.0 Å². The molecule has 3 aromatic carbocycles. The summed E-state index contributed by atoms with van der Waals surface area (Å²) in [5, 5.41) is 3.71. The van der Waals surface area contributed by atoms with Gasteiger partial charge in [0, 0.05) is 34.6 Å². The van der Waals surface area contributed by atoms with Crippen LogP contribution in [0.3, 0.4) is 0 Å². The number of aromatic nitrogens is 2. The van der Waals surface area contributed by atoms with Gasteiger partial charge < -0.3 is 9.88 Å². The first-order valence-corrected chi connectivity index (χ1v) is 13.4. The van der Waals surface area contributed by atoms with E-state index in [4.69, 9.17) is 11.6 Å². The van der Waals surface area contributed by atoms with Gasteiger partial charge in [-0.3, -0.25) is 9.20 Å². The first kappa shape index (κ1) is 23.6. The predicted octanol–water partition coefficient (Wildman–Crippen LogP) is 8.44. The zero-order chi connectivity index (χ0) is 25.5. The minimum Gasteiger partial charge on any atom is -0.325 e. The fourth-order valence-corrected chi connectivity index (χ4v) is 5.74. The van der Waals surface area contributed by atoms with Crippen LogP contribution < -0.4 is 5.32 Å². The molecule has 5 aromatic rings. The van der Waals surface area contributed by atoms with Crippen molar-refractivity contribution < 1.29 is 4.79 Å². The molecule has 3 heterocycles. The first-order chi connectivity index (χ1) is 18.0. The van der Waals surface area contributed by atoms with Crippen LogP contribution in [0.5, 0.6) is 0 Å². The number of rotatable bonds is 5. The van der Waals surface area contributed by atoms with Gasteiger partial charge in [-0.05, 0) is 60.1 Å². The number of halogens is 1. The summed E-state index contributed by atoms with van der Waals surface area (Å²) in [5.41, 5.74) is 9.41. The number of carbonyl (C=O) groups is 1. The highest BCUT2D eigenvalue weighted by molar-refractivity contribution is 6.31. The standard InChI is InChI=1S/C32H30ClN3O/c1-21(2)22-14-16-24(17-15-22)29-27-13-6-7-18-35-28(23-9-4-3-5-10-23)20-36(32(27)35)30(29)31(37)34-26-12-8-11-25(33)19-26/h3-5,8-12,14-17,19-21H,6-7,13,18H2,1-2H3,(H,34,37). The molecule has 6 rings (SSSR count). The first-order valence-electron chi connectivity index (χ1n) is 13.0. The largest absolute Gasteiger partial charge is 0.325 e. The van der Waals surface area contributed by atoms with Crippen LogP contribution in [0.2, 0.25) is 5.02 Å². The molecule has 186 valence electrons. The van der Waals surface area contributed by atoms with E-state index < -0.39 is 0 Å². The third kappa shape index (κ3) is 4.25. The molecule has 0 bridgehead atoms. The average molecular weight is 508 g/mol. The van der Waals surface area contributed by atoms with E-state index in [-0.39, 0.29) is 5.91 Å². The molecule has 2 aromatic heterocycles. The van der Waals surface area contributed by atoms with E-state index >= 15 is 0 Å². The average Bonchev–Trinajstić information content (AvgIpc) is 3.32. The van der Waals surface area contributed by atoms with E-state index in [1.807, 2.05) is 24.3 Å². The molecule has 37 heavy (non-hydrogen) atoms. The summed E-state index contributed by atoms with van der Waals surface area (Å²) in [5.74, 6) is 0.316. The smallest absolute Gasteiger partial charge is 0.273 e. The quantitative estimate of drug-likeness (QED) is 0.254. The van der Waals surface area contributed by atoms with Crippen molar-refractivity contribution in [3.63, 3.8) is 0 Å². The maximum atomic E-state index is 14.0. The fourth-order valence-electron chi connectivity index (χ4n) is 5.55. The normalized spacial score (nSPS) is 13.2. The zero-order valence-corrected chi connectivity index (χ0v) is 21.9. The number of benzene rings is 3. The van der Waals surface area contributed by atoms with Crippen molar-refractivity contribution in [3.8, 4) is 22.4 Å². The number of carbonyl (C=O) groups excluding carboxylic acids is 1. The van der Waals surface area contributed by atoms with Gasteiger partial charge in [-0.25, -0.2) is 0 Å². The second-order valence-corrected chi connectivity index (χ2v) is 10.6. The van der Waals surface area contributed by atoms with Crippen LogP contribution in [0.15, 0.2) is 85.1 Å². The second kappa shape index (κ2) is 9.60. The minimum absolute atomic E-state index is 0.135. The maximum absolute atomic E-state index is 14.0. The van der Waals surface area contributed by atoms with Gasteiger partial charge in [0.05, 0.1) is 5.69 Å². The number of hydrogen-bond donors (Lipinski definition) is 1. The number of aryl methyl sites for hydroxylation is 2.